The number of aromatic nitrogens is 4. The number of benzene rings is 1. The molecule has 33 heavy (non-hydrogen) atoms. The summed E-state index contributed by atoms with van der Waals surface area (Å²) in [7, 11) is 1.61. The smallest absolute Gasteiger partial charge is 0.267 e. The van der Waals surface area contributed by atoms with Crippen molar-refractivity contribution >= 4 is 11.6 Å². The number of rotatable bonds is 8. The van der Waals surface area contributed by atoms with E-state index >= 15 is 0 Å². The Balaban J connectivity index is 0.000000442. The summed E-state index contributed by atoms with van der Waals surface area (Å²) in [5, 5.41) is 13.5. The van der Waals surface area contributed by atoms with Gasteiger partial charge in [-0.15, -0.1) is 0 Å². The van der Waals surface area contributed by atoms with Gasteiger partial charge in [0, 0.05) is 6.07 Å². The first-order valence-corrected chi connectivity index (χ1v) is 11.2. The van der Waals surface area contributed by atoms with Crippen molar-refractivity contribution in [2.45, 2.75) is 32.6 Å². The molecular formula is C23H33N7O3. The number of H-pyrrole nitrogens is 2. The lowest BCUT2D eigenvalue weighted by atomic mass is 10.1. The highest BCUT2D eigenvalue weighted by molar-refractivity contribution is 5.77. The number of ether oxygens (including phenoxy) is 2. The minimum absolute atomic E-state index is 0.299. The van der Waals surface area contributed by atoms with Crippen LogP contribution in [0.25, 0.3) is 11.3 Å². The fourth-order valence-corrected chi connectivity index (χ4v) is 3.42. The molecule has 1 aliphatic rings. The predicted molar refractivity (Wildman–Crippen MR) is 129 cm³/mol. The number of aromatic amines is 2. The van der Waals surface area contributed by atoms with Crippen LogP contribution in [0.4, 0.5) is 11.6 Å². The number of nitrogens with two attached hydrogens (primary N) is 1. The molecule has 0 amide bonds. The lowest BCUT2D eigenvalue weighted by Gasteiger charge is -2.15. The minimum Gasteiger partial charge on any atom is -0.496 e. The summed E-state index contributed by atoms with van der Waals surface area (Å²) in [5.41, 5.74) is 7.75. The number of hydrogen-bond donors (Lipinski definition) is 5. The summed E-state index contributed by atoms with van der Waals surface area (Å²) < 4.78 is 11.5. The Morgan fingerprint density at radius 2 is 1.91 bits per heavy atom. The highest BCUT2D eigenvalue weighted by Crippen LogP contribution is 2.39. The van der Waals surface area contributed by atoms with Crippen LogP contribution < -0.4 is 31.4 Å². The second kappa shape index (κ2) is 12.6. The van der Waals surface area contributed by atoms with Crippen molar-refractivity contribution in [3.8, 4) is 22.8 Å². The quantitative estimate of drug-likeness (QED) is 0.326. The molecule has 0 aliphatic carbocycles. The molecule has 4 rings (SSSR count). The Morgan fingerprint density at radius 3 is 2.55 bits per heavy atom. The topological polar surface area (TPSA) is 143 Å². The molecule has 3 aromatic rings. The van der Waals surface area contributed by atoms with E-state index in [4.69, 9.17) is 15.2 Å². The SMILES string of the molecule is C1CCNCC1.COc1cc(C)cc(OCCCN)c1-c1cc(Nc2cncc(=O)[nH]2)n[nH]1. The van der Waals surface area contributed by atoms with Crippen molar-refractivity contribution in [1.29, 1.82) is 0 Å². The first-order valence-electron chi connectivity index (χ1n) is 11.2. The monoisotopic (exact) mass is 455 g/mol. The van der Waals surface area contributed by atoms with E-state index in [-0.39, 0.29) is 5.56 Å². The van der Waals surface area contributed by atoms with E-state index in [0.717, 1.165) is 17.5 Å². The lowest BCUT2D eigenvalue weighted by Crippen LogP contribution is -2.21. The van der Waals surface area contributed by atoms with E-state index < -0.39 is 0 Å². The van der Waals surface area contributed by atoms with Crippen LogP contribution in [0.2, 0.25) is 0 Å². The average molecular weight is 456 g/mol. The van der Waals surface area contributed by atoms with Gasteiger partial charge in [-0.1, -0.05) is 6.42 Å². The molecule has 0 spiro atoms. The van der Waals surface area contributed by atoms with Crippen molar-refractivity contribution < 1.29 is 9.47 Å². The molecule has 0 unspecified atom stereocenters. The number of nitrogens with one attached hydrogen (secondary N) is 4. The van der Waals surface area contributed by atoms with Crippen LogP contribution in [-0.2, 0) is 0 Å². The Labute approximate surface area is 193 Å². The van der Waals surface area contributed by atoms with Gasteiger partial charge in [0.1, 0.15) is 17.3 Å². The third-order valence-electron chi connectivity index (χ3n) is 5.01. The molecule has 1 aliphatic heterocycles. The molecular weight excluding hydrogens is 422 g/mol. The van der Waals surface area contributed by atoms with Crippen molar-refractivity contribution in [2.24, 2.45) is 5.73 Å². The molecule has 6 N–H and O–H groups in total. The Kier molecular flexibility index (Phi) is 9.28. The van der Waals surface area contributed by atoms with Gasteiger partial charge in [-0.3, -0.25) is 14.9 Å². The number of hydrogen-bond acceptors (Lipinski definition) is 8. The molecule has 0 radical (unpaired) electrons. The van der Waals surface area contributed by atoms with Crippen LogP contribution in [0, 0.1) is 6.92 Å². The van der Waals surface area contributed by atoms with E-state index in [1.54, 1.807) is 13.2 Å². The van der Waals surface area contributed by atoms with E-state index in [2.05, 4.69) is 30.8 Å². The first kappa shape index (κ1) is 24.3. The minimum atomic E-state index is -0.299. The van der Waals surface area contributed by atoms with Gasteiger partial charge in [0.2, 0.25) is 0 Å². The van der Waals surface area contributed by atoms with E-state index in [1.165, 1.54) is 44.7 Å². The molecule has 178 valence electrons. The molecule has 1 fully saturated rings. The molecule has 0 atom stereocenters. The molecule has 3 heterocycles. The molecule has 1 aromatic carbocycles. The second-order valence-electron chi connectivity index (χ2n) is 7.74. The number of aryl methyl sites for hydroxylation is 1. The van der Waals surface area contributed by atoms with Gasteiger partial charge in [0.25, 0.3) is 5.56 Å². The second-order valence-corrected chi connectivity index (χ2v) is 7.74. The maximum atomic E-state index is 11.4. The van der Waals surface area contributed by atoms with Gasteiger partial charge in [-0.25, -0.2) is 0 Å². The first-order chi connectivity index (χ1) is 16.1. The van der Waals surface area contributed by atoms with E-state index in [9.17, 15) is 4.79 Å². The van der Waals surface area contributed by atoms with Crippen LogP contribution in [0.3, 0.4) is 0 Å². The van der Waals surface area contributed by atoms with Crippen molar-refractivity contribution in [2.75, 3.05) is 38.7 Å². The Hall–Kier alpha value is -3.37. The summed E-state index contributed by atoms with van der Waals surface area (Å²) in [6.45, 7) is 5.53. The van der Waals surface area contributed by atoms with Crippen LogP contribution >= 0.6 is 0 Å². The Morgan fingerprint density at radius 1 is 1.12 bits per heavy atom. The fourth-order valence-electron chi connectivity index (χ4n) is 3.42. The standard InChI is InChI=1S/C18H22N6O3.C5H11N/c1-11-6-13(26-2)18(14(7-11)27-5-3-4-19)12-8-15(24-23-12)21-16-9-20-10-17(25)22-16;1-2-4-6-5-3-1/h6-10H,3-5,19H2,1-2H3,(H3,21,22,23,24,25);6H,1-5H2. The summed E-state index contributed by atoms with van der Waals surface area (Å²) in [6.07, 6.45) is 7.67. The van der Waals surface area contributed by atoms with Gasteiger partial charge < -0.3 is 30.8 Å². The molecule has 10 nitrogen and oxygen atoms in total. The van der Waals surface area contributed by atoms with Gasteiger partial charge in [0.15, 0.2) is 5.82 Å². The molecule has 1 saturated heterocycles. The molecule has 2 aromatic heterocycles. The van der Waals surface area contributed by atoms with Gasteiger partial charge in [-0.2, -0.15) is 5.10 Å². The van der Waals surface area contributed by atoms with Crippen LogP contribution in [0.5, 0.6) is 11.5 Å². The normalized spacial score (nSPS) is 13.1. The van der Waals surface area contributed by atoms with Crippen molar-refractivity contribution in [1.82, 2.24) is 25.5 Å². The third kappa shape index (κ3) is 7.33. The summed E-state index contributed by atoms with van der Waals surface area (Å²) >= 11 is 0. The van der Waals surface area contributed by atoms with Crippen molar-refractivity contribution in [3.05, 3.63) is 46.5 Å². The summed E-state index contributed by atoms with van der Waals surface area (Å²) in [6, 6.07) is 5.67. The number of anilines is 2. The molecule has 0 saturated carbocycles. The maximum absolute atomic E-state index is 11.4. The third-order valence-corrected chi connectivity index (χ3v) is 5.01. The van der Waals surface area contributed by atoms with Crippen LogP contribution in [0.1, 0.15) is 31.2 Å². The zero-order valence-corrected chi connectivity index (χ0v) is 19.2. The molecule has 0 bridgehead atoms. The number of piperidine rings is 1. The summed E-state index contributed by atoms with van der Waals surface area (Å²) in [4.78, 5) is 17.8. The van der Waals surface area contributed by atoms with Crippen molar-refractivity contribution in [3.63, 3.8) is 0 Å². The maximum Gasteiger partial charge on any atom is 0.267 e. The molecule has 10 heteroatoms. The van der Waals surface area contributed by atoms with Gasteiger partial charge >= 0.3 is 0 Å². The predicted octanol–water partition coefficient (Wildman–Crippen LogP) is 2.71. The van der Waals surface area contributed by atoms with E-state index in [1.807, 2.05) is 19.1 Å². The average Bonchev–Trinajstić information content (AvgIpc) is 3.28. The van der Waals surface area contributed by atoms with Gasteiger partial charge in [0.05, 0.1) is 37.4 Å². The highest BCUT2D eigenvalue weighted by Gasteiger charge is 2.17. The highest BCUT2D eigenvalue weighted by atomic mass is 16.5. The van der Waals surface area contributed by atoms with Crippen LogP contribution in [-0.4, -0.2) is 53.5 Å². The zero-order valence-electron chi connectivity index (χ0n) is 19.2. The zero-order chi connectivity index (χ0) is 23.5. The largest absolute Gasteiger partial charge is 0.496 e. The number of nitrogens with zero attached hydrogens (tertiary/aromatic N) is 2. The summed E-state index contributed by atoms with van der Waals surface area (Å²) in [5.74, 6) is 2.31. The van der Waals surface area contributed by atoms with Crippen LogP contribution in [0.15, 0.2) is 35.4 Å². The number of methoxy groups -OCH3 is 1. The van der Waals surface area contributed by atoms with Gasteiger partial charge in [-0.05, 0) is 63.5 Å². The fraction of sp³-hybridized carbons (Fsp3) is 0.435. The van der Waals surface area contributed by atoms with E-state index in [0.29, 0.717) is 42.0 Å². The lowest BCUT2D eigenvalue weighted by molar-refractivity contribution is 0.312. The Bertz CT molecular complexity index is 1050.